The SMILES string of the molecule is CC(=O)O[C@H]1CCC[C@@H]1OS(=O)(=O)c1ccc(C)cc1. The van der Waals surface area contributed by atoms with Crippen LogP contribution in [0, 0.1) is 6.92 Å². The smallest absolute Gasteiger partial charge is 0.302 e. The molecule has 5 nitrogen and oxygen atoms in total. The highest BCUT2D eigenvalue weighted by molar-refractivity contribution is 7.86. The van der Waals surface area contributed by atoms with Gasteiger partial charge in [0.1, 0.15) is 12.2 Å². The van der Waals surface area contributed by atoms with E-state index >= 15 is 0 Å². The molecular weight excluding hydrogens is 280 g/mol. The lowest BCUT2D eigenvalue weighted by molar-refractivity contribution is -0.149. The fourth-order valence-electron chi connectivity index (χ4n) is 2.27. The van der Waals surface area contributed by atoms with Crippen LogP contribution in [0.4, 0.5) is 0 Å². The number of ether oxygens (including phenoxy) is 1. The number of carbonyl (C=O) groups is 1. The van der Waals surface area contributed by atoms with Crippen LogP contribution in [0.5, 0.6) is 0 Å². The molecule has 0 spiro atoms. The van der Waals surface area contributed by atoms with E-state index in [4.69, 9.17) is 8.92 Å². The molecule has 0 aliphatic heterocycles. The van der Waals surface area contributed by atoms with Crippen molar-refractivity contribution in [3.63, 3.8) is 0 Å². The van der Waals surface area contributed by atoms with Gasteiger partial charge < -0.3 is 4.74 Å². The highest BCUT2D eigenvalue weighted by Gasteiger charge is 2.34. The summed E-state index contributed by atoms with van der Waals surface area (Å²) in [5.41, 5.74) is 0.975. The molecular formula is C14H18O5S. The maximum Gasteiger partial charge on any atom is 0.302 e. The Morgan fingerprint density at radius 3 is 2.35 bits per heavy atom. The van der Waals surface area contributed by atoms with Gasteiger partial charge in [0, 0.05) is 6.92 Å². The fraction of sp³-hybridized carbons (Fsp3) is 0.500. The summed E-state index contributed by atoms with van der Waals surface area (Å²) in [5.74, 6) is -0.418. The molecule has 1 aromatic rings. The zero-order valence-electron chi connectivity index (χ0n) is 11.5. The van der Waals surface area contributed by atoms with Crippen LogP contribution < -0.4 is 0 Å². The van der Waals surface area contributed by atoms with E-state index in [-0.39, 0.29) is 4.90 Å². The molecule has 0 bridgehead atoms. The highest BCUT2D eigenvalue weighted by Crippen LogP contribution is 2.28. The number of hydrogen-bond donors (Lipinski definition) is 0. The minimum absolute atomic E-state index is 0.122. The van der Waals surface area contributed by atoms with Gasteiger partial charge >= 0.3 is 5.97 Å². The van der Waals surface area contributed by atoms with Crippen LogP contribution in [0.2, 0.25) is 0 Å². The quantitative estimate of drug-likeness (QED) is 0.629. The summed E-state index contributed by atoms with van der Waals surface area (Å²) in [7, 11) is -3.82. The van der Waals surface area contributed by atoms with Gasteiger partial charge in [0.25, 0.3) is 10.1 Å². The van der Waals surface area contributed by atoms with Gasteiger partial charge in [0.05, 0.1) is 4.90 Å². The Morgan fingerprint density at radius 2 is 1.75 bits per heavy atom. The van der Waals surface area contributed by atoms with Gasteiger partial charge in [-0.1, -0.05) is 17.7 Å². The molecule has 1 fully saturated rings. The van der Waals surface area contributed by atoms with Gasteiger partial charge in [0.2, 0.25) is 0 Å². The normalized spacial score (nSPS) is 22.7. The zero-order chi connectivity index (χ0) is 14.8. The van der Waals surface area contributed by atoms with Crippen molar-refractivity contribution in [1.29, 1.82) is 0 Å². The Morgan fingerprint density at radius 1 is 1.15 bits per heavy atom. The van der Waals surface area contributed by atoms with Crippen molar-refractivity contribution in [3.05, 3.63) is 29.8 Å². The van der Waals surface area contributed by atoms with E-state index in [0.717, 1.165) is 12.0 Å². The van der Waals surface area contributed by atoms with Crippen LogP contribution in [0.1, 0.15) is 31.7 Å². The Hall–Kier alpha value is -1.40. The summed E-state index contributed by atoms with van der Waals surface area (Å²) in [5, 5.41) is 0. The van der Waals surface area contributed by atoms with E-state index in [1.165, 1.54) is 19.1 Å². The van der Waals surface area contributed by atoms with Crippen molar-refractivity contribution in [3.8, 4) is 0 Å². The first-order valence-electron chi connectivity index (χ1n) is 6.55. The predicted octanol–water partition coefficient (Wildman–Crippen LogP) is 2.18. The van der Waals surface area contributed by atoms with Crippen LogP contribution in [0.15, 0.2) is 29.2 Å². The predicted molar refractivity (Wildman–Crippen MR) is 72.6 cm³/mol. The number of carbonyl (C=O) groups excluding carboxylic acids is 1. The molecule has 0 unspecified atom stereocenters. The van der Waals surface area contributed by atoms with Crippen molar-refractivity contribution in [1.82, 2.24) is 0 Å². The molecule has 2 atom stereocenters. The van der Waals surface area contributed by atoms with Crippen LogP contribution in [0.3, 0.4) is 0 Å². The number of hydrogen-bond acceptors (Lipinski definition) is 5. The molecule has 1 aromatic carbocycles. The second-order valence-electron chi connectivity index (χ2n) is 4.98. The minimum atomic E-state index is -3.82. The topological polar surface area (TPSA) is 69.7 Å². The molecule has 1 aliphatic rings. The van der Waals surface area contributed by atoms with E-state index in [2.05, 4.69) is 0 Å². The van der Waals surface area contributed by atoms with Gasteiger partial charge in [0.15, 0.2) is 0 Å². The largest absolute Gasteiger partial charge is 0.460 e. The molecule has 6 heteroatoms. The molecule has 0 amide bonds. The van der Waals surface area contributed by atoms with Gasteiger partial charge in [-0.05, 0) is 38.3 Å². The maximum atomic E-state index is 12.2. The van der Waals surface area contributed by atoms with Crippen molar-refractivity contribution in [2.75, 3.05) is 0 Å². The van der Waals surface area contributed by atoms with Crippen molar-refractivity contribution in [2.45, 2.75) is 50.2 Å². The average molecular weight is 298 g/mol. The lowest BCUT2D eigenvalue weighted by atomic mass is 10.2. The molecule has 0 radical (unpaired) electrons. The first-order valence-corrected chi connectivity index (χ1v) is 7.96. The summed E-state index contributed by atoms with van der Waals surface area (Å²) in [6, 6.07) is 6.46. The second-order valence-corrected chi connectivity index (χ2v) is 6.55. The van der Waals surface area contributed by atoms with Gasteiger partial charge in [-0.3, -0.25) is 8.98 Å². The third-order valence-electron chi connectivity index (χ3n) is 3.27. The monoisotopic (exact) mass is 298 g/mol. The van der Waals surface area contributed by atoms with Crippen molar-refractivity contribution >= 4 is 16.1 Å². The highest BCUT2D eigenvalue weighted by atomic mass is 32.2. The first kappa shape index (κ1) is 15.0. The standard InChI is InChI=1S/C14H18O5S/c1-10-6-8-12(9-7-10)20(16,17)19-14-5-3-4-13(14)18-11(2)15/h6-9,13-14H,3-5H2,1-2H3/t13-,14-/m0/s1. The van der Waals surface area contributed by atoms with Crippen molar-refractivity contribution < 1.29 is 22.1 Å². The summed E-state index contributed by atoms with van der Waals surface area (Å²) in [6.07, 6.45) is 0.917. The molecule has 1 saturated carbocycles. The van der Waals surface area contributed by atoms with E-state index < -0.39 is 28.3 Å². The van der Waals surface area contributed by atoms with Crippen LogP contribution in [0.25, 0.3) is 0 Å². The summed E-state index contributed by atoms with van der Waals surface area (Å²) in [4.78, 5) is 11.1. The number of aryl methyl sites for hydroxylation is 1. The molecule has 2 rings (SSSR count). The lowest BCUT2D eigenvalue weighted by Gasteiger charge is -2.19. The van der Waals surface area contributed by atoms with E-state index in [1.807, 2.05) is 6.92 Å². The first-order chi connectivity index (χ1) is 9.38. The third kappa shape index (κ3) is 3.58. The van der Waals surface area contributed by atoms with Gasteiger partial charge in [-0.2, -0.15) is 8.42 Å². The molecule has 0 heterocycles. The van der Waals surface area contributed by atoms with E-state index in [9.17, 15) is 13.2 Å². The fourth-order valence-corrected chi connectivity index (χ4v) is 3.40. The number of esters is 1. The summed E-state index contributed by atoms with van der Waals surface area (Å²) >= 11 is 0. The zero-order valence-corrected chi connectivity index (χ0v) is 12.4. The van der Waals surface area contributed by atoms with E-state index in [0.29, 0.717) is 12.8 Å². The Labute approximate surface area is 119 Å². The van der Waals surface area contributed by atoms with Gasteiger partial charge in [-0.15, -0.1) is 0 Å². The summed E-state index contributed by atoms with van der Waals surface area (Å²) < 4.78 is 34.7. The maximum absolute atomic E-state index is 12.2. The molecule has 0 N–H and O–H groups in total. The van der Waals surface area contributed by atoms with Crippen LogP contribution in [-0.4, -0.2) is 26.6 Å². The average Bonchev–Trinajstić information content (AvgIpc) is 2.75. The molecule has 0 saturated heterocycles. The van der Waals surface area contributed by atoms with Gasteiger partial charge in [-0.25, -0.2) is 0 Å². The number of benzene rings is 1. The lowest BCUT2D eigenvalue weighted by Crippen LogP contribution is -2.30. The molecule has 110 valence electrons. The minimum Gasteiger partial charge on any atom is -0.460 e. The molecule has 20 heavy (non-hydrogen) atoms. The molecule has 1 aliphatic carbocycles. The van der Waals surface area contributed by atoms with Crippen LogP contribution >= 0.6 is 0 Å². The Balaban J connectivity index is 2.11. The number of rotatable bonds is 4. The third-order valence-corrected chi connectivity index (χ3v) is 4.62. The van der Waals surface area contributed by atoms with E-state index in [1.54, 1.807) is 12.1 Å². The Bertz CT molecular complexity index is 576. The van der Waals surface area contributed by atoms with Crippen molar-refractivity contribution in [2.24, 2.45) is 0 Å². The summed E-state index contributed by atoms with van der Waals surface area (Å²) in [6.45, 7) is 3.19. The molecule has 0 aromatic heterocycles. The van der Waals surface area contributed by atoms with Crippen LogP contribution in [-0.2, 0) is 23.8 Å². The Kier molecular flexibility index (Phi) is 4.45. The second kappa shape index (κ2) is 5.93.